The van der Waals surface area contributed by atoms with Crippen molar-refractivity contribution in [2.24, 2.45) is 5.92 Å². The third-order valence-corrected chi connectivity index (χ3v) is 2.35. The highest BCUT2D eigenvalue weighted by molar-refractivity contribution is 5.86. The molecule has 7 nitrogen and oxygen atoms in total. The first-order valence-corrected chi connectivity index (χ1v) is 5.81. The highest BCUT2D eigenvalue weighted by Gasteiger charge is 2.07. The number of fused-ring (bicyclic) bond motifs is 1. The Morgan fingerprint density at radius 3 is 3.00 bits per heavy atom. The molecule has 2 heterocycles. The number of carbonyl (C=O) groups is 1. The van der Waals surface area contributed by atoms with Crippen LogP contribution in [-0.4, -0.2) is 38.9 Å². The van der Waals surface area contributed by atoms with E-state index in [4.69, 9.17) is 0 Å². The molecular weight excluding hydrogens is 232 g/mol. The summed E-state index contributed by atoms with van der Waals surface area (Å²) in [7, 11) is 0. The maximum absolute atomic E-state index is 11.6. The summed E-state index contributed by atoms with van der Waals surface area (Å²) in [6, 6.07) is 0. The molecule has 2 rings (SSSR count). The zero-order valence-corrected chi connectivity index (χ0v) is 10.4. The number of aromatic amines is 1. The second-order valence-corrected chi connectivity index (χ2v) is 4.37. The maximum atomic E-state index is 11.6. The van der Waals surface area contributed by atoms with Crippen LogP contribution in [0.4, 0.5) is 5.82 Å². The van der Waals surface area contributed by atoms with Gasteiger partial charge in [0, 0.05) is 6.54 Å². The number of rotatable bonds is 5. The molecule has 0 spiro atoms. The lowest BCUT2D eigenvalue weighted by atomic mass is 10.2. The van der Waals surface area contributed by atoms with Gasteiger partial charge in [0.15, 0.2) is 11.5 Å². The van der Waals surface area contributed by atoms with Crippen molar-refractivity contribution in [2.75, 3.05) is 18.4 Å². The molecule has 0 saturated carbocycles. The predicted octanol–water partition coefficient (Wildman–Crippen LogP) is 0.537. The topological polar surface area (TPSA) is 95.6 Å². The Labute approximate surface area is 104 Å². The Morgan fingerprint density at radius 1 is 1.39 bits per heavy atom. The van der Waals surface area contributed by atoms with Gasteiger partial charge in [-0.1, -0.05) is 13.8 Å². The van der Waals surface area contributed by atoms with Gasteiger partial charge < -0.3 is 15.6 Å². The van der Waals surface area contributed by atoms with Gasteiger partial charge in [-0.25, -0.2) is 15.0 Å². The van der Waals surface area contributed by atoms with Crippen LogP contribution in [0.3, 0.4) is 0 Å². The quantitative estimate of drug-likeness (QED) is 0.717. The van der Waals surface area contributed by atoms with Crippen molar-refractivity contribution in [3.05, 3.63) is 12.7 Å². The molecule has 18 heavy (non-hydrogen) atoms. The van der Waals surface area contributed by atoms with E-state index in [1.807, 2.05) is 13.8 Å². The normalized spacial score (nSPS) is 10.8. The summed E-state index contributed by atoms with van der Waals surface area (Å²) in [6.07, 6.45) is 2.96. The zero-order chi connectivity index (χ0) is 13.0. The number of imidazole rings is 1. The van der Waals surface area contributed by atoms with E-state index >= 15 is 0 Å². The molecule has 0 fully saturated rings. The number of amides is 1. The number of nitrogens with one attached hydrogen (secondary N) is 3. The number of hydrogen-bond acceptors (Lipinski definition) is 5. The first kappa shape index (κ1) is 12.3. The third kappa shape index (κ3) is 2.93. The molecule has 0 aliphatic rings. The zero-order valence-electron chi connectivity index (χ0n) is 10.4. The van der Waals surface area contributed by atoms with Crippen LogP contribution >= 0.6 is 0 Å². The van der Waals surface area contributed by atoms with Crippen LogP contribution < -0.4 is 10.6 Å². The highest BCUT2D eigenvalue weighted by Crippen LogP contribution is 2.13. The average molecular weight is 248 g/mol. The Morgan fingerprint density at radius 2 is 2.22 bits per heavy atom. The Bertz CT molecular complexity index is 535. The van der Waals surface area contributed by atoms with Gasteiger partial charge in [0.1, 0.15) is 11.8 Å². The maximum Gasteiger partial charge on any atom is 0.239 e. The van der Waals surface area contributed by atoms with Crippen molar-refractivity contribution >= 4 is 22.9 Å². The molecule has 0 unspecified atom stereocenters. The Balaban J connectivity index is 1.94. The summed E-state index contributed by atoms with van der Waals surface area (Å²) in [5.41, 5.74) is 1.28. The van der Waals surface area contributed by atoms with Crippen LogP contribution in [0.1, 0.15) is 13.8 Å². The molecule has 0 saturated heterocycles. The van der Waals surface area contributed by atoms with Gasteiger partial charge in [0.25, 0.3) is 0 Å². The summed E-state index contributed by atoms with van der Waals surface area (Å²) >= 11 is 0. The lowest BCUT2D eigenvalue weighted by molar-refractivity contribution is -0.119. The number of nitrogens with zero attached hydrogens (tertiary/aromatic N) is 3. The molecule has 0 aromatic carbocycles. The fraction of sp³-hybridized carbons (Fsp3) is 0.455. The molecule has 2 aromatic rings. The van der Waals surface area contributed by atoms with Crippen LogP contribution in [0, 0.1) is 5.92 Å². The third-order valence-electron chi connectivity index (χ3n) is 2.35. The lowest BCUT2D eigenvalue weighted by Crippen LogP contribution is -2.32. The Hall–Kier alpha value is -2.18. The second kappa shape index (κ2) is 5.44. The summed E-state index contributed by atoms with van der Waals surface area (Å²) in [6.45, 7) is 4.94. The summed E-state index contributed by atoms with van der Waals surface area (Å²) in [4.78, 5) is 26.6. The van der Waals surface area contributed by atoms with Crippen LogP contribution in [0.15, 0.2) is 12.7 Å². The predicted molar refractivity (Wildman–Crippen MR) is 68.0 cm³/mol. The van der Waals surface area contributed by atoms with Gasteiger partial charge in [-0.05, 0) is 5.92 Å². The van der Waals surface area contributed by atoms with Gasteiger partial charge in [0.05, 0.1) is 12.9 Å². The molecule has 0 bridgehead atoms. The van der Waals surface area contributed by atoms with Crippen molar-refractivity contribution in [1.82, 2.24) is 25.3 Å². The largest absolute Gasteiger partial charge is 0.359 e. The first-order chi connectivity index (χ1) is 8.66. The van der Waals surface area contributed by atoms with E-state index < -0.39 is 0 Å². The van der Waals surface area contributed by atoms with E-state index in [9.17, 15) is 4.79 Å². The van der Waals surface area contributed by atoms with Gasteiger partial charge in [-0.15, -0.1) is 0 Å². The van der Waals surface area contributed by atoms with Gasteiger partial charge in [-0.2, -0.15) is 0 Å². The standard InChI is InChI=1S/C11H16N6O/c1-7(2)3-12-8(18)4-13-10-9-11(15-5-14-9)17-6-16-10/h5-7H,3-4H2,1-2H3,(H,12,18)(H2,13,14,15,16,17). The van der Waals surface area contributed by atoms with E-state index in [2.05, 4.69) is 30.6 Å². The molecule has 2 aromatic heterocycles. The molecule has 7 heteroatoms. The molecular formula is C11H16N6O. The van der Waals surface area contributed by atoms with E-state index in [1.54, 1.807) is 6.33 Å². The molecule has 96 valence electrons. The van der Waals surface area contributed by atoms with E-state index in [1.165, 1.54) is 6.33 Å². The van der Waals surface area contributed by atoms with Crippen molar-refractivity contribution in [2.45, 2.75) is 13.8 Å². The van der Waals surface area contributed by atoms with Crippen molar-refractivity contribution in [3.63, 3.8) is 0 Å². The van der Waals surface area contributed by atoms with Gasteiger partial charge >= 0.3 is 0 Å². The number of aromatic nitrogens is 4. The van der Waals surface area contributed by atoms with E-state index in [0.717, 1.165) is 0 Å². The van der Waals surface area contributed by atoms with Gasteiger partial charge in [0.2, 0.25) is 5.91 Å². The van der Waals surface area contributed by atoms with Crippen LogP contribution in [-0.2, 0) is 4.79 Å². The summed E-state index contributed by atoms with van der Waals surface area (Å²) < 4.78 is 0. The minimum Gasteiger partial charge on any atom is -0.359 e. The highest BCUT2D eigenvalue weighted by atomic mass is 16.1. The molecule has 0 radical (unpaired) electrons. The number of H-pyrrole nitrogens is 1. The lowest BCUT2D eigenvalue weighted by Gasteiger charge is -2.08. The first-order valence-electron chi connectivity index (χ1n) is 5.81. The SMILES string of the molecule is CC(C)CNC(=O)CNc1ncnc2nc[nH]c12. The minimum absolute atomic E-state index is 0.0602. The van der Waals surface area contributed by atoms with Gasteiger partial charge in [-0.3, -0.25) is 4.79 Å². The number of hydrogen-bond donors (Lipinski definition) is 3. The molecule has 1 amide bonds. The average Bonchev–Trinajstić information content (AvgIpc) is 2.82. The van der Waals surface area contributed by atoms with Crippen molar-refractivity contribution in [1.29, 1.82) is 0 Å². The fourth-order valence-corrected chi connectivity index (χ4v) is 1.44. The summed E-state index contributed by atoms with van der Waals surface area (Å²) in [5.74, 6) is 0.958. The molecule has 0 aliphatic carbocycles. The van der Waals surface area contributed by atoms with Crippen LogP contribution in [0.2, 0.25) is 0 Å². The second-order valence-electron chi connectivity index (χ2n) is 4.37. The number of carbonyl (C=O) groups excluding carboxylic acids is 1. The summed E-state index contributed by atoms with van der Waals surface area (Å²) in [5, 5.41) is 5.79. The van der Waals surface area contributed by atoms with E-state index in [-0.39, 0.29) is 12.5 Å². The fourth-order valence-electron chi connectivity index (χ4n) is 1.44. The van der Waals surface area contributed by atoms with E-state index in [0.29, 0.717) is 29.4 Å². The molecule has 3 N–H and O–H groups in total. The minimum atomic E-state index is -0.0602. The smallest absolute Gasteiger partial charge is 0.239 e. The molecule has 0 atom stereocenters. The van der Waals surface area contributed by atoms with Crippen LogP contribution in [0.5, 0.6) is 0 Å². The van der Waals surface area contributed by atoms with Crippen molar-refractivity contribution in [3.8, 4) is 0 Å². The molecule has 0 aliphatic heterocycles. The number of anilines is 1. The van der Waals surface area contributed by atoms with Crippen LogP contribution in [0.25, 0.3) is 11.2 Å². The monoisotopic (exact) mass is 248 g/mol. The Kier molecular flexibility index (Phi) is 3.71. The van der Waals surface area contributed by atoms with Crippen molar-refractivity contribution < 1.29 is 4.79 Å².